The van der Waals surface area contributed by atoms with Gasteiger partial charge in [0.2, 0.25) is 0 Å². The fourth-order valence-electron chi connectivity index (χ4n) is 1.87. The molecule has 0 radical (unpaired) electrons. The molecule has 3 heteroatoms. The van der Waals surface area contributed by atoms with Crippen LogP contribution in [0.3, 0.4) is 0 Å². The summed E-state index contributed by atoms with van der Waals surface area (Å²) in [6.45, 7) is 7.92. The van der Waals surface area contributed by atoms with Gasteiger partial charge in [-0.1, -0.05) is 6.92 Å². The second kappa shape index (κ2) is 4.40. The van der Waals surface area contributed by atoms with Gasteiger partial charge in [0.05, 0.1) is 5.60 Å². The molecule has 1 rings (SSSR count). The van der Waals surface area contributed by atoms with E-state index in [0.717, 1.165) is 19.4 Å². The van der Waals surface area contributed by atoms with E-state index < -0.39 is 5.60 Å². The van der Waals surface area contributed by atoms with Crippen LogP contribution in [0, 0.1) is 0 Å². The van der Waals surface area contributed by atoms with Crippen molar-refractivity contribution in [2.75, 3.05) is 13.1 Å². The van der Waals surface area contributed by atoms with Gasteiger partial charge in [0, 0.05) is 18.6 Å². The van der Waals surface area contributed by atoms with Crippen LogP contribution >= 0.6 is 0 Å². The van der Waals surface area contributed by atoms with Gasteiger partial charge in [0.1, 0.15) is 0 Å². The molecule has 0 amide bonds. The molecule has 1 heterocycles. The number of rotatable bonds is 3. The van der Waals surface area contributed by atoms with E-state index in [4.69, 9.17) is 0 Å². The van der Waals surface area contributed by atoms with Gasteiger partial charge in [0.15, 0.2) is 0 Å². The van der Waals surface area contributed by atoms with Gasteiger partial charge in [-0.15, -0.1) is 0 Å². The molecule has 1 aliphatic heterocycles. The predicted octanol–water partition coefficient (Wildman–Crippen LogP) is 0.487. The summed E-state index contributed by atoms with van der Waals surface area (Å²) in [5, 5.41) is 16.9. The van der Waals surface area contributed by atoms with Crippen molar-refractivity contribution in [3.05, 3.63) is 0 Å². The Morgan fingerprint density at radius 1 is 1.69 bits per heavy atom. The van der Waals surface area contributed by atoms with Crippen LogP contribution in [0.15, 0.2) is 0 Å². The van der Waals surface area contributed by atoms with Crippen molar-refractivity contribution in [2.45, 2.75) is 51.3 Å². The van der Waals surface area contributed by atoms with Crippen molar-refractivity contribution < 1.29 is 5.11 Å². The van der Waals surface area contributed by atoms with E-state index in [1.54, 1.807) is 0 Å². The Bertz CT molecular complexity index is 153. The highest BCUT2D eigenvalue weighted by atomic mass is 16.3. The van der Waals surface area contributed by atoms with Gasteiger partial charge in [-0.25, -0.2) is 0 Å². The number of hydrogen-bond donors (Lipinski definition) is 3. The van der Waals surface area contributed by atoms with Crippen molar-refractivity contribution >= 4 is 0 Å². The Kier molecular flexibility index (Phi) is 3.71. The van der Waals surface area contributed by atoms with Crippen molar-refractivity contribution in [1.29, 1.82) is 0 Å². The molecule has 3 nitrogen and oxygen atoms in total. The summed E-state index contributed by atoms with van der Waals surface area (Å²) in [6.07, 6.45) is 1.96. The maximum absolute atomic E-state index is 10.3. The van der Waals surface area contributed by atoms with Gasteiger partial charge in [-0.3, -0.25) is 0 Å². The lowest BCUT2D eigenvalue weighted by molar-refractivity contribution is -0.0200. The zero-order chi connectivity index (χ0) is 9.90. The fraction of sp³-hybridized carbons (Fsp3) is 1.00. The third-order valence-electron chi connectivity index (χ3n) is 3.08. The third-order valence-corrected chi connectivity index (χ3v) is 3.08. The van der Waals surface area contributed by atoms with E-state index in [1.165, 1.54) is 0 Å². The second-order valence-electron chi connectivity index (χ2n) is 4.20. The SMILES string of the molecule is CCNC(C)C1(O)CCC(C)NC1. The zero-order valence-electron chi connectivity index (χ0n) is 8.93. The molecule has 1 aliphatic rings. The summed E-state index contributed by atoms with van der Waals surface area (Å²) in [7, 11) is 0. The van der Waals surface area contributed by atoms with Gasteiger partial charge in [-0.05, 0) is 33.2 Å². The normalized spacial score (nSPS) is 37.4. The molecule has 0 bridgehead atoms. The van der Waals surface area contributed by atoms with E-state index in [-0.39, 0.29) is 6.04 Å². The minimum Gasteiger partial charge on any atom is -0.387 e. The fourth-order valence-corrected chi connectivity index (χ4v) is 1.87. The van der Waals surface area contributed by atoms with E-state index in [1.807, 2.05) is 0 Å². The first kappa shape index (κ1) is 11.0. The Labute approximate surface area is 80.9 Å². The first-order valence-corrected chi connectivity index (χ1v) is 5.27. The Hall–Kier alpha value is -0.120. The average molecular weight is 186 g/mol. The van der Waals surface area contributed by atoms with Crippen LogP contribution in [0.5, 0.6) is 0 Å². The van der Waals surface area contributed by atoms with Crippen LogP contribution in [0.4, 0.5) is 0 Å². The minimum atomic E-state index is -0.553. The Morgan fingerprint density at radius 2 is 2.38 bits per heavy atom. The molecule has 3 unspecified atom stereocenters. The summed E-state index contributed by atoms with van der Waals surface area (Å²) in [5.74, 6) is 0. The van der Waals surface area contributed by atoms with Gasteiger partial charge in [0.25, 0.3) is 0 Å². The summed E-state index contributed by atoms with van der Waals surface area (Å²) in [4.78, 5) is 0. The van der Waals surface area contributed by atoms with Crippen LogP contribution in [0.25, 0.3) is 0 Å². The lowest BCUT2D eigenvalue weighted by atomic mass is 9.85. The topological polar surface area (TPSA) is 44.3 Å². The van der Waals surface area contributed by atoms with Crippen molar-refractivity contribution in [1.82, 2.24) is 10.6 Å². The molecule has 0 saturated carbocycles. The molecule has 1 fully saturated rings. The van der Waals surface area contributed by atoms with Gasteiger partial charge < -0.3 is 15.7 Å². The summed E-state index contributed by atoms with van der Waals surface area (Å²) < 4.78 is 0. The van der Waals surface area contributed by atoms with Crippen molar-refractivity contribution in [2.24, 2.45) is 0 Å². The van der Waals surface area contributed by atoms with E-state index in [9.17, 15) is 5.11 Å². The molecular formula is C10H22N2O. The molecular weight excluding hydrogens is 164 g/mol. The molecule has 13 heavy (non-hydrogen) atoms. The van der Waals surface area contributed by atoms with Crippen LogP contribution in [0.2, 0.25) is 0 Å². The largest absolute Gasteiger partial charge is 0.387 e. The molecule has 0 aromatic rings. The van der Waals surface area contributed by atoms with Crippen LogP contribution in [-0.4, -0.2) is 35.9 Å². The molecule has 1 saturated heterocycles. The van der Waals surface area contributed by atoms with Crippen molar-refractivity contribution in [3.8, 4) is 0 Å². The quantitative estimate of drug-likeness (QED) is 0.601. The molecule has 0 aliphatic carbocycles. The summed E-state index contributed by atoms with van der Waals surface area (Å²) >= 11 is 0. The van der Waals surface area contributed by atoms with Crippen LogP contribution in [-0.2, 0) is 0 Å². The maximum atomic E-state index is 10.3. The average Bonchev–Trinajstić information content (AvgIpc) is 2.11. The number of aliphatic hydroxyl groups is 1. The molecule has 0 aromatic carbocycles. The van der Waals surface area contributed by atoms with E-state index in [2.05, 4.69) is 31.4 Å². The lowest BCUT2D eigenvalue weighted by Crippen LogP contribution is -2.59. The number of nitrogens with one attached hydrogen (secondary N) is 2. The second-order valence-corrected chi connectivity index (χ2v) is 4.20. The first-order valence-electron chi connectivity index (χ1n) is 5.27. The first-order chi connectivity index (χ1) is 6.08. The highest BCUT2D eigenvalue weighted by Gasteiger charge is 2.36. The minimum absolute atomic E-state index is 0.178. The summed E-state index contributed by atoms with van der Waals surface area (Å²) in [5.41, 5.74) is -0.553. The number of hydrogen-bond acceptors (Lipinski definition) is 3. The summed E-state index contributed by atoms with van der Waals surface area (Å²) in [6, 6.07) is 0.728. The maximum Gasteiger partial charge on any atom is 0.0921 e. The lowest BCUT2D eigenvalue weighted by Gasteiger charge is -2.40. The standard InChI is InChI=1S/C10H22N2O/c1-4-11-9(3)10(13)6-5-8(2)12-7-10/h8-9,11-13H,4-7H2,1-3H3. The number of likely N-dealkylation sites (N-methyl/N-ethyl adjacent to an activating group) is 1. The Morgan fingerprint density at radius 3 is 2.85 bits per heavy atom. The number of β-amino-alcohol motifs (C(OH)–C–C–N with tert-alkyl or cyclic N) is 1. The molecule has 0 spiro atoms. The molecule has 3 N–H and O–H groups in total. The van der Waals surface area contributed by atoms with Crippen molar-refractivity contribution in [3.63, 3.8) is 0 Å². The van der Waals surface area contributed by atoms with Crippen LogP contribution in [0.1, 0.15) is 33.6 Å². The smallest absolute Gasteiger partial charge is 0.0921 e. The van der Waals surface area contributed by atoms with Gasteiger partial charge >= 0.3 is 0 Å². The van der Waals surface area contributed by atoms with Gasteiger partial charge in [-0.2, -0.15) is 0 Å². The highest BCUT2D eigenvalue weighted by molar-refractivity contribution is 4.95. The van der Waals surface area contributed by atoms with Crippen LogP contribution < -0.4 is 10.6 Å². The van der Waals surface area contributed by atoms with E-state index >= 15 is 0 Å². The van der Waals surface area contributed by atoms with E-state index in [0.29, 0.717) is 12.6 Å². The monoisotopic (exact) mass is 186 g/mol. The predicted molar refractivity (Wildman–Crippen MR) is 54.8 cm³/mol. The highest BCUT2D eigenvalue weighted by Crippen LogP contribution is 2.22. The third kappa shape index (κ3) is 2.66. The molecule has 78 valence electrons. The number of piperidine rings is 1. The molecule has 0 aromatic heterocycles. The molecule has 3 atom stereocenters. The Balaban J connectivity index is 2.46. The zero-order valence-corrected chi connectivity index (χ0v) is 8.93.